The lowest BCUT2D eigenvalue weighted by atomic mass is 10.0. The Balaban J connectivity index is 2.54. The zero-order valence-electron chi connectivity index (χ0n) is 12.7. The molecule has 1 aliphatic rings. The fourth-order valence-corrected chi connectivity index (χ4v) is 1.97. The molecule has 0 aromatic rings. The lowest BCUT2D eigenvalue weighted by Gasteiger charge is -2.14. The average molecular weight is 298 g/mol. The molecule has 0 aromatic carbocycles. The molecule has 118 valence electrons. The Labute approximate surface area is 123 Å². The Morgan fingerprint density at radius 3 is 2.38 bits per heavy atom. The highest BCUT2D eigenvalue weighted by molar-refractivity contribution is 6.07. The predicted octanol–water partition coefficient (Wildman–Crippen LogP) is 0.187. The van der Waals surface area contributed by atoms with Gasteiger partial charge in [-0.1, -0.05) is 13.8 Å². The Kier molecular flexibility index (Phi) is 5.69. The number of nitrogens with zero attached hydrogens (tertiary/aromatic N) is 1. The number of nitrogens with one attached hydrogen (secondary N) is 3. The van der Waals surface area contributed by atoms with Crippen LogP contribution in [0.5, 0.6) is 0 Å². The molecule has 8 nitrogen and oxygen atoms in total. The highest BCUT2D eigenvalue weighted by Gasteiger charge is 2.39. The van der Waals surface area contributed by atoms with Gasteiger partial charge in [-0.05, 0) is 26.2 Å². The van der Waals surface area contributed by atoms with E-state index in [9.17, 15) is 19.2 Å². The van der Waals surface area contributed by atoms with Crippen molar-refractivity contribution in [1.29, 1.82) is 0 Å². The molecule has 1 aliphatic heterocycles. The molecule has 1 saturated heterocycles. The van der Waals surface area contributed by atoms with E-state index in [0.717, 1.165) is 4.90 Å². The van der Waals surface area contributed by atoms with E-state index in [2.05, 4.69) is 16.0 Å². The van der Waals surface area contributed by atoms with Gasteiger partial charge >= 0.3 is 12.1 Å². The SMILES string of the molecule is CC(C)CC1NC(=O)N(CC(=O)NC(=O)NC(C)C)C1=O. The molecule has 1 atom stereocenters. The normalized spacial score (nSPS) is 18.2. The summed E-state index contributed by atoms with van der Waals surface area (Å²) in [6.07, 6.45) is 0.510. The zero-order valence-corrected chi connectivity index (χ0v) is 12.7. The molecule has 21 heavy (non-hydrogen) atoms. The van der Waals surface area contributed by atoms with Gasteiger partial charge < -0.3 is 10.6 Å². The maximum absolute atomic E-state index is 12.0. The molecule has 1 unspecified atom stereocenters. The van der Waals surface area contributed by atoms with Gasteiger partial charge in [0.1, 0.15) is 12.6 Å². The first-order valence-electron chi connectivity index (χ1n) is 6.93. The van der Waals surface area contributed by atoms with Gasteiger partial charge in [0.25, 0.3) is 5.91 Å². The molecule has 0 spiro atoms. The molecule has 6 amide bonds. The second kappa shape index (κ2) is 7.05. The van der Waals surface area contributed by atoms with Crippen LogP contribution in [-0.4, -0.2) is 47.4 Å². The van der Waals surface area contributed by atoms with Crippen LogP contribution in [0.25, 0.3) is 0 Å². The van der Waals surface area contributed by atoms with E-state index < -0.39 is 36.5 Å². The Bertz CT molecular complexity index is 447. The number of carbonyl (C=O) groups is 4. The van der Waals surface area contributed by atoms with Gasteiger partial charge in [0, 0.05) is 6.04 Å². The van der Waals surface area contributed by atoms with Gasteiger partial charge in [0.05, 0.1) is 0 Å². The van der Waals surface area contributed by atoms with Gasteiger partial charge in [-0.25, -0.2) is 9.59 Å². The fourth-order valence-electron chi connectivity index (χ4n) is 1.97. The van der Waals surface area contributed by atoms with E-state index in [-0.39, 0.29) is 12.0 Å². The summed E-state index contributed by atoms with van der Waals surface area (Å²) in [6, 6.07) is -1.98. The average Bonchev–Trinajstić information content (AvgIpc) is 2.54. The first kappa shape index (κ1) is 16.9. The second-order valence-electron chi connectivity index (χ2n) is 5.73. The monoisotopic (exact) mass is 298 g/mol. The quantitative estimate of drug-likeness (QED) is 0.629. The Hall–Kier alpha value is -2.12. The van der Waals surface area contributed by atoms with Crippen LogP contribution in [0.1, 0.15) is 34.1 Å². The number of hydrogen-bond donors (Lipinski definition) is 3. The van der Waals surface area contributed by atoms with Crippen molar-refractivity contribution < 1.29 is 19.2 Å². The summed E-state index contributed by atoms with van der Waals surface area (Å²) in [5.74, 6) is -0.903. The summed E-state index contributed by atoms with van der Waals surface area (Å²) < 4.78 is 0. The molecular weight excluding hydrogens is 276 g/mol. The summed E-state index contributed by atoms with van der Waals surface area (Å²) >= 11 is 0. The lowest BCUT2D eigenvalue weighted by molar-refractivity contribution is -0.132. The predicted molar refractivity (Wildman–Crippen MR) is 75.3 cm³/mol. The van der Waals surface area contributed by atoms with Gasteiger partial charge in [-0.3, -0.25) is 19.8 Å². The molecule has 0 saturated carbocycles. The molecule has 0 bridgehead atoms. The van der Waals surface area contributed by atoms with Crippen molar-refractivity contribution in [2.24, 2.45) is 5.92 Å². The van der Waals surface area contributed by atoms with Crippen LogP contribution < -0.4 is 16.0 Å². The Morgan fingerprint density at radius 1 is 1.24 bits per heavy atom. The second-order valence-corrected chi connectivity index (χ2v) is 5.73. The van der Waals surface area contributed by atoms with Gasteiger partial charge in [-0.2, -0.15) is 0 Å². The first-order valence-corrected chi connectivity index (χ1v) is 6.93. The third-order valence-corrected chi connectivity index (χ3v) is 2.79. The van der Waals surface area contributed by atoms with Crippen molar-refractivity contribution in [3.8, 4) is 0 Å². The van der Waals surface area contributed by atoms with Crippen molar-refractivity contribution in [3.05, 3.63) is 0 Å². The zero-order chi connectivity index (χ0) is 16.2. The van der Waals surface area contributed by atoms with E-state index >= 15 is 0 Å². The molecule has 1 heterocycles. The van der Waals surface area contributed by atoms with Crippen LogP contribution in [0.4, 0.5) is 9.59 Å². The van der Waals surface area contributed by atoms with Crippen LogP contribution in [0.15, 0.2) is 0 Å². The largest absolute Gasteiger partial charge is 0.336 e. The first-order chi connectivity index (χ1) is 9.70. The van der Waals surface area contributed by atoms with Crippen molar-refractivity contribution >= 4 is 23.9 Å². The number of hydrogen-bond acceptors (Lipinski definition) is 4. The minimum atomic E-state index is -0.707. The molecule has 0 aliphatic carbocycles. The van der Waals surface area contributed by atoms with Crippen LogP contribution in [0, 0.1) is 5.92 Å². The van der Waals surface area contributed by atoms with Gasteiger partial charge in [-0.15, -0.1) is 0 Å². The summed E-state index contributed by atoms with van der Waals surface area (Å²) in [5, 5.41) is 7.09. The van der Waals surface area contributed by atoms with E-state index in [1.54, 1.807) is 13.8 Å². The van der Waals surface area contributed by atoms with Crippen LogP contribution in [0.2, 0.25) is 0 Å². The van der Waals surface area contributed by atoms with Crippen molar-refractivity contribution in [1.82, 2.24) is 20.9 Å². The van der Waals surface area contributed by atoms with Crippen LogP contribution >= 0.6 is 0 Å². The minimum Gasteiger partial charge on any atom is -0.336 e. The smallest absolute Gasteiger partial charge is 0.325 e. The number of urea groups is 2. The highest BCUT2D eigenvalue weighted by atomic mass is 16.2. The molecule has 8 heteroatoms. The fraction of sp³-hybridized carbons (Fsp3) is 0.692. The summed E-state index contributed by atoms with van der Waals surface area (Å²) in [4.78, 5) is 47.6. The maximum Gasteiger partial charge on any atom is 0.325 e. The summed E-state index contributed by atoms with van der Waals surface area (Å²) in [6.45, 7) is 6.90. The minimum absolute atomic E-state index is 0.120. The topological polar surface area (TPSA) is 108 Å². The molecule has 3 N–H and O–H groups in total. The Morgan fingerprint density at radius 2 is 1.86 bits per heavy atom. The molecule has 1 fully saturated rings. The van der Waals surface area contributed by atoms with Crippen LogP contribution in [0.3, 0.4) is 0 Å². The standard InChI is InChI=1S/C13H22N4O4/c1-7(2)5-9-11(19)17(13(21)15-9)6-10(18)16-12(20)14-8(3)4/h7-9H,5-6H2,1-4H3,(H,15,21)(H2,14,16,18,20). The number of imide groups is 2. The van der Waals surface area contributed by atoms with E-state index in [1.165, 1.54) is 0 Å². The van der Waals surface area contributed by atoms with Crippen molar-refractivity contribution in [2.45, 2.75) is 46.2 Å². The third kappa shape index (κ3) is 5.05. The van der Waals surface area contributed by atoms with Crippen LogP contribution in [-0.2, 0) is 9.59 Å². The van der Waals surface area contributed by atoms with Crippen molar-refractivity contribution in [3.63, 3.8) is 0 Å². The molecule has 1 rings (SSSR count). The molecular formula is C13H22N4O4. The lowest BCUT2D eigenvalue weighted by Crippen LogP contribution is -2.47. The number of carbonyl (C=O) groups excluding carboxylic acids is 4. The molecule has 0 aromatic heterocycles. The number of rotatable bonds is 5. The van der Waals surface area contributed by atoms with E-state index in [0.29, 0.717) is 6.42 Å². The maximum atomic E-state index is 12.0. The van der Waals surface area contributed by atoms with E-state index in [4.69, 9.17) is 0 Å². The van der Waals surface area contributed by atoms with Gasteiger partial charge in [0.15, 0.2) is 0 Å². The number of amides is 6. The van der Waals surface area contributed by atoms with Gasteiger partial charge in [0.2, 0.25) is 5.91 Å². The van der Waals surface area contributed by atoms with E-state index in [1.807, 2.05) is 13.8 Å². The third-order valence-electron chi connectivity index (χ3n) is 2.79. The summed E-state index contributed by atoms with van der Waals surface area (Å²) in [5.41, 5.74) is 0. The molecule has 0 radical (unpaired) electrons. The summed E-state index contributed by atoms with van der Waals surface area (Å²) in [7, 11) is 0. The highest BCUT2D eigenvalue weighted by Crippen LogP contribution is 2.13. The van der Waals surface area contributed by atoms with Crippen molar-refractivity contribution in [2.75, 3.05) is 6.54 Å².